The van der Waals surface area contributed by atoms with Gasteiger partial charge < -0.3 is 0 Å². The summed E-state index contributed by atoms with van der Waals surface area (Å²) < 4.78 is 0. The van der Waals surface area contributed by atoms with Crippen molar-refractivity contribution in [3.63, 3.8) is 0 Å². The van der Waals surface area contributed by atoms with Crippen LogP contribution in [0.2, 0.25) is 0 Å². The Bertz CT molecular complexity index is 8.00. The average molecular weight is 399 g/mol. The number of rotatable bonds is 0. The molecule has 0 spiro atoms. The van der Waals surface area contributed by atoms with Crippen LogP contribution in [0.4, 0.5) is 0 Å². The molecule has 0 atom stereocenters. The Morgan fingerprint density at radius 2 is 1.00 bits per heavy atom. The summed E-state index contributed by atoms with van der Waals surface area (Å²) in [5.74, 6) is 0. The van der Waals surface area contributed by atoms with Gasteiger partial charge in [0.25, 0.3) is 0 Å². The molecule has 31 valence electrons. The van der Waals surface area contributed by atoms with Gasteiger partial charge in [0.15, 0.2) is 0 Å². The van der Waals surface area contributed by atoms with Crippen LogP contribution >= 0.6 is 0 Å². The maximum absolute atomic E-state index is 0. The Balaban J connectivity index is 0. The molecule has 0 heterocycles. The molecule has 0 rings (SSSR count). The third-order valence-electron chi connectivity index (χ3n) is 0. The van der Waals surface area contributed by atoms with E-state index in [-0.39, 0.29) is 76.3 Å². The van der Waals surface area contributed by atoms with Crippen molar-refractivity contribution >= 4 is 0 Å². The molecule has 0 bridgehead atoms. The van der Waals surface area contributed by atoms with E-state index in [1.165, 1.54) is 0 Å². The quantitative estimate of drug-likeness (QED) is 0.503. The first-order chi connectivity index (χ1) is 0. The van der Waals surface area contributed by atoms with E-state index >= 15 is 0 Å². The minimum Gasteiger partial charge on any atom is 0 e. The molecule has 0 N–H and O–H groups in total. The molecule has 0 aromatic heterocycles. The van der Waals surface area contributed by atoms with Gasteiger partial charge in [-0.2, -0.15) is 0 Å². The second-order valence-corrected chi connectivity index (χ2v) is 0. The Morgan fingerprint density at radius 1 is 1.00 bits per heavy atom. The van der Waals surface area contributed by atoms with E-state index in [1.54, 1.807) is 0 Å². The zero-order valence-corrected chi connectivity index (χ0v) is 8.46. The first kappa shape index (κ1) is 32.2. The molecule has 0 saturated heterocycles. The summed E-state index contributed by atoms with van der Waals surface area (Å²) >= 11 is 0. The zero-order valence-electron chi connectivity index (χ0n) is 1.47. The largest absolute Gasteiger partial charge is 0 e. The van der Waals surface area contributed by atoms with Crippen molar-refractivity contribution in [3.8, 4) is 0 Å². The Hall–Kier alpha value is 2.42. The van der Waals surface area contributed by atoms with Gasteiger partial charge in [-0.1, -0.05) is 0 Å². The van der Waals surface area contributed by atoms with Gasteiger partial charge in [-0.15, -0.1) is 0 Å². The van der Waals surface area contributed by atoms with Crippen molar-refractivity contribution in [3.05, 3.63) is 0 Å². The summed E-state index contributed by atoms with van der Waals surface area (Å²) in [6, 6.07) is 0. The van der Waals surface area contributed by atoms with Gasteiger partial charge in [0, 0.05) is 76.3 Å². The molecular formula is CuFeMoW. The molecule has 0 aliphatic heterocycles. The number of hydrogen-bond acceptors (Lipinski definition) is 0. The standard InChI is InChI=1S/Cu.Fe.Mo.W. The summed E-state index contributed by atoms with van der Waals surface area (Å²) in [7, 11) is 0. The fourth-order valence-corrected chi connectivity index (χ4v) is 0. The van der Waals surface area contributed by atoms with Crippen LogP contribution in [-0.4, -0.2) is 0 Å². The summed E-state index contributed by atoms with van der Waals surface area (Å²) in [5.41, 5.74) is 0. The van der Waals surface area contributed by atoms with E-state index in [4.69, 9.17) is 0 Å². The third-order valence-corrected chi connectivity index (χ3v) is 0. The molecule has 4 heteroatoms. The molecule has 0 saturated carbocycles. The van der Waals surface area contributed by atoms with Crippen LogP contribution in [0, 0.1) is 0 Å². The molecule has 0 unspecified atom stereocenters. The first-order valence-electron chi connectivity index (χ1n) is 0. The Labute approximate surface area is 75.3 Å². The van der Waals surface area contributed by atoms with Crippen molar-refractivity contribution in [2.24, 2.45) is 0 Å². The predicted molar refractivity (Wildman–Crippen MR) is 0 cm³/mol. The second kappa shape index (κ2) is 18.1. The van der Waals surface area contributed by atoms with Crippen LogP contribution in [-0.2, 0) is 76.3 Å². The average Bonchev–Trinajstić information content (AvgIpc) is 0. The Morgan fingerprint density at radius 3 is 1.00 bits per heavy atom. The molecule has 0 amide bonds. The second-order valence-electron chi connectivity index (χ2n) is 0. The van der Waals surface area contributed by atoms with Crippen molar-refractivity contribution in [1.82, 2.24) is 0 Å². The van der Waals surface area contributed by atoms with Crippen molar-refractivity contribution in [2.75, 3.05) is 0 Å². The predicted octanol–water partition coefficient (Wildman–Crippen LogP) is -0.0100. The third kappa shape index (κ3) is 8.83. The molecule has 4 heavy (non-hydrogen) atoms. The van der Waals surface area contributed by atoms with E-state index < -0.39 is 0 Å². The molecular weight excluding hydrogens is 399 g/mol. The maximum Gasteiger partial charge on any atom is 0 e. The first-order valence-corrected chi connectivity index (χ1v) is 0. The van der Waals surface area contributed by atoms with Crippen LogP contribution in [0.5, 0.6) is 0 Å². The summed E-state index contributed by atoms with van der Waals surface area (Å²) in [6.45, 7) is 0. The van der Waals surface area contributed by atoms with Crippen LogP contribution in [0.1, 0.15) is 0 Å². The molecule has 0 aliphatic rings. The SMILES string of the molecule is [Cu].[Fe].[Mo].[W]. The van der Waals surface area contributed by atoms with Crippen LogP contribution in [0.25, 0.3) is 0 Å². The fraction of sp³-hybridized carbons (Fsp3) is 0. The van der Waals surface area contributed by atoms with Gasteiger partial charge in [0.1, 0.15) is 0 Å². The molecule has 1 radical (unpaired) electrons. The van der Waals surface area contributed by atoms with Crippen LogP contribution in [0.15, 0.2) is 0 Å². The minimum absolute atomic E-state index is 0. The normalized spacial score (nSPS) is 0. The molecule has 0 aliphatic carbocycles. The van der Waals surface area contributed by atoms with Crippen molar-refractivity contribution in [2.45, 2.75) is 0 Å². The maximum atomic E-state index is 0. The summed E-state index contributed by atoms with van der Waals surface area (Å²) in [5, 5.41) is 0. The van der Waals surface area contributed by atoms with E-state index in [0.717, 1.165) is 0 Å². The van der Waals surface area contributed by atoms with E-state index in [9.17, 15) is 0 Å². The topological polar surface area (TPSA) is 0 Å². The van der Waals surface area contributed by atoms with Gasteiger partial charge in [-0.05, 0) is 0 Å². The monoisotopic (exact) mass is 401 g/mol. The van der Waals surface area contributed by atoms with Gasteiger partial charge in [0.05, 0.1) is 0 Å². The van der Waals surface area contributed by atoms with E-state index in [1.807, 2.05) is 0 Å². The van der Waals surface area contributed by atoms with Gasteiger partial charge in [0.2, 0.25) is 0 Å². The van der Waals surface area contributed by atoms with Crippen LogP contribution in [0.3, 0.4) is 0 Å². The zero-order chi connectivity index (χ0) is 0. The van der Waals surface area contributed by atoms with E-state index in [0.29, 0.717) is 0 Å². The van der Waals surface area contributed by atoms with Crippen molar-refractivity contribution < 1.29 is 76.3 Å². The fourth-order valence-electron chi connectivity index (χ4n) is 0. The van der Waals surface area contributed by atoms with Crippen LogP contribution < -0.4 is 0 Å². The number of hydrogen-bond donors (Lipinski definition) is 0. The molecule has 0 aromatic rings. The molecule has 0 aromatic carbocycles. The van der Waals surface area contributed by atoms with Gasteiger partial charge >= 0.3 is 0 Å². The van der Waals surface area contributed by atoms with Gasteiger partial charge in [-0.3, -0.25) is 0 Å². The smallest absolute Gasteiger partial charge is 0 e. The van der Waals surface area contributed by atoms with Gasteiger partial charge in [-0.25, -0.2) is 0 Å². The Kier molecular flexibility index (Phi) is 146. The molecule has 0 nitrogen and oxygen atoms in total. The summed E-state index contributed by atoms with van der Waals surface area (Å²) in [6.07, 6.45) is 0. The van der Waals surface area contributed by atoms with Crippen molar-refractivity contribution in [1.29, 1.82) is 0 Å². The summed E-state index contributed by atoms with van der Waals surface area (Å²) in [4.78, 5) is 0. The molecule has 0 fully saturated rings. The van der Waals surface area contributed by atoms with E-state index in [2.05, 4.69) is 0 Å². The minimum atomic E-state index is 0.